The minimum absolute atomic E-state index is 0.495. The zero-order valence-electron chi connectivity index (χ0n) is 9.81. The number of thioether (sulfide) groups is 1. The summed E-state index contributed by atoms with van der Waals surface area (Å²) >= 11 is 1.93. The smallest absolute Gasteiger partial charge is 0.0950 e. The van der Waals surface area contributed by atoms with E-state index in [1.165, 1.54) is 5.69 Å². The van der Waals surface area contributed by atoms with E-state index in [9.17, 15) is 0 Å². The molecular formula is C11H21N3S. The van der Waals surface area contributed by atoms with E-state index in [-0.39, 0.29) is 0 Å². The molecular weight excluding hydrogens is 206 g/mol. The number of hydrogen-bond acceptors (Lipinski definition) is 3. The lowest BCUT2D eigenvalue weighted by molar-refractivity contribution is 0.583. The largest absolute Gasteiger partial charge is 0.331 e. The Morgan fingerprint density at radius 3 is 2.80 bits per heavy atom. The molecule has 0 spiro atoms. The van der Waals surface area contributed by atoms with Crippen LogP contribution in [0.1, 0.15) is 32.5 Å². The van der Waals surface area contributed by atoms with Gasteiger partial charge in [-0.05, 0) is 32.1 Å². The van der Waals surface area contributed by atoms with Crippen LogP contribution in [0.4, 0.5) is 0 Å². The van der Waals surface area contributed by atoms with Gasteiger partial charge in [0.25, 0.3) is 0 Å². The standard InChI is InChI=1S/C11H21N3S/c1-9(2)14-8-13-5-11(14)7-15-6-10(3)4-12/h5,8-10H,4,6-7,12H2,1-3H3. The Hall–Kier alpha value is -0.480. The summed E-state index contributed by atoms with van der Waals surface area (Å²) in [7, 11) is 0. The van der Waals surface area contributed by atoms with Gasteiger partial charge >= 0.3 is 0 Å². The highest BCUT2D eigenvalue weighted by molar-refractivity contribution is 7.98. The second kappa shape index (κ2) is 6.18. The summed E-state index contributed by atoms with van der Waals surface area (Å²) in [5, 5.41) is 0. The molecule has 0 fully saturated rings. The van der Waals surface area contributed by atoms with Crippen LogP contribution in [0.3, 0.4) is 0 Å². The lowest BCUT2D eigenvalue weighted by Gasteiger charge is -2.12. The fraction of sp³-hybridized carbons (Fsp3) is 0.727. The normalized spacial score (nSPS) is 13.4. The third kappa shape index (κ3) is 3.87. The molecule has 0 bridgehead atoms. The van der Waals surface area contributed by atoms with Gasteiger partial charge in [-0.15, -0.1) is 0 Å². The van der Waals surface area contributed by atoms with E-state index in [1.807, 2.05) is 24.3 Å². The molecule has 0 saturated carbocycles. The number of nitrogens with zero attached hydrogens (tertiary/aromatic N) is 2. The minimum Gasteiger partial charge on any atom is -0.331 e. The van der Waals surface area contributed by atoms with Crippen LogP contribution in [0, 0.1) is 5.92 Å². The summed E-state index contributed by atoms with van der Waals surface area (Å²) < 4.78 is 2.22. The van der Waals surface area contributed by atoms with Crippen LogP contribution >= 0.6 is 11.8 Å². The third-order valence-electron chi connectivity index (χ3n) is 2.36. The van der Waals surface area contributed by atoms with Gasteiger partial charge in [-0.3, -0.25) is 0 Å². The Morgan fingerprint density at radius 2 is 2.20 bits per heavy atom. The summed E-state index contributed by atoms with van der Waals surface area (Å²) in [5.74, 6) is 2.76. The summed E-state index contributed by atoms with van der Waals surface area (Å²) in [6.07, 6.45) is 3.87. The van der Waals surface area contributed by atoms with E-state index in [1.54, 1.807) is 0 Å². The average molecular weight is 227 g/mol. The van der Waals surface area contributed by atoms with E-state index in [4.69, 9.17) is 5.73 Å². The highest BCUT2D eigenvalue weighted by Gasteiger charge is 2.06. The number of nitrogens with two attached hydrogens (primary N) is 1. The van der Waals surface area contributed by atoms with Crippen molar-refractivity contribution in [3.8, 4) is 0 Å². The lowest BCUT2D eigenvalue weighted by Crippen LogP contribution is -2.13. The summed E-state index contributed by atoms with van der Waals surface area (Å²) in [4.78, 5) is 4.19. The zero-order chi connectivity index (χ0) is 11.3. The average Bonchev–Trinajstić information content (AvgIpc) is 2.65. The van der Waals surface area contributed by atoms with Gasteiger partial charge in [0.05, 0.1) is 6.33 Å². The maximum Gasteiger partial charge on any atom is 0.0950 e. The van der Waals surface area contributed by atoms with Crippen molar-refractivity contribution in [2.24, 2.45) is 11.7 Å². The highest BCUT2D eigenvalue weighted by atomic mass is 32.2. The first-order valence-corrected chi connectivity index (χ1v) is 6.59. The van der Waals surface area contributed by atoms with Crippen LogP contribution in [0.15, 0.2) is 12.5 Å². The molecule has 0 saturated heterocycles. The van der Waals surface area contributed by atoms with Gasteiger partial charge in [0.2, 0.25) is 0 Å². The maximum atomic E-state index is 5.58. The van der Waals surface area contributed by atoms with Gasteiger partial charge in [-0.25, -0.2) is 4.98 Å². The Labute approximate surface area is 96.5 Å². The molecule has 0 radical (unpaired) electrons. The quantitative estimate of drug-likeness (QED) is 0.811. The monoisotopic (exact) mass is 227 g/mol. The molecule has 1 unspecified atom stereocenters. The van der Waals surface area contributed by atoms with Crippen LogP contribution in [-0.4, -0.2) is 21.8 Å². The number of hydrogen-bond donors (Lipinski definition) is 1. The second-order valence-corrected chi connectivity index (χ2v) is 5.27. The van der Waals surface area contributed by atoms with E-state index >= 15 is 0 Å². The van der Waals surface area contributed by atoms with Crippen LogP contribution < -0.4 is 5.73 Å². The first kappa shape index (κ1) is 12.6. The fourth-order valence-corrected chi connectivity index (χ4v) is 2.43. The molecule has 2 N–H and O–H groups in total. The van der Waals surface area contributed by atoms with Crippen molar-refractivity contribution in [1.29, 1.82) is 0 Å². The first-order valence-electron chi connectivity index (χ1n) is 5.43. The molecule has 86 valence electrons. The summed E-state index contributed by atoms with van der Waals surface area (Å²) in [6, 6.07) is 0.495. The van der Waals surface area contributed by atoms with Gasteiger partial charge in [-0.2, -0.15) is 11.8 Å². The molecule has 15 heavy (non-hydrogen) atoms. The van der Waals surface area contributed by atoms with Crippen LogP contribution in [0.25, 0.3) is 0 Å². The molecule has 1 heterocycles. The molecule has 4 heteroatoms. The Balaban J connectivity index is 2.40. The first-order chi connectivity index (χ1) is 7.15. The zero-order valence-corrected chi connectivity index (χ0v) is 10.6. The van der Waals surface area contributed by atoms with Crippen LogP contribution in [-0.2, 0) is 5.75 Å². The molecule has 0 aliphatic heterocycles. The predicted molar refractivity (Wildman–Crippen MR) is 67.0 cm³/mol. The number of rotatable bonds is 6. The van der Waals surface area contributed by atoms with Gasteiger partial charge in [0, 0.05) is 23.7 Å². The maximum absolute atomic E-state index is 5.58. The Bertz CT molecular complexity index is 283. The van der Waals surface area contributed by atoms with Crippen molar-refractivity contribution in [1.82, 2.24) is 9.55 Å². The molecule has 0 aliphatic carbocycles. The second-order valence-electron chi connectivity index (χ2n) is 4.24. The number of aromatic nitrogens is 2. The summed E-state index contributed by atoms with van der Waals surface area (Å²) in [6.45, 7) is 7.32. The van der Waals surface area contributed by atoms with Crippen molar-refractivity contribution in [2.45, 2.75) is 32.6 Å². The lowest BCUT2D eigenvalue weighted by atomic mass is 10.2. The van der Waals surface area contributed by atoms with Crippen LogP contribution in [0.2, 0.25) is 0 Å². The van der Waals surface area contributed by atoms with Crippen molar-refractivity contribution in [2.75, 3.05) is 12.3 Å². The van der Waals surface area contributed by atoms with Crippen molar-refractivity contribution in [3.63, 3.8) is 0 Å². The summed E-state index contributed by atoms with van der Waals surface area (Å²) in [5.41, 5.74) is 6.88. The van der Waals surface area contributed by atoms with E-state index < -0.39 is 0 Å². The molecule has 0 aliphatic rings. The SMILES string of the molecule is CC(CN)CSCc1cncn1C(C)C. The van der Waals surface area contributed by atoms with Crippen molar-refractivity contribution >= 4 is 11.8 Å². The van der Waals surface area contributed by atoms with E-state index in [0.29, 0.717) is 12.0 Å². The topological polar surface area (TPSA) is 43.8 Å². The molecule has 1 aromatic rings. The van der Waals surface area contributed by atoms with E-state index in [2.05, 4.69) is 30.3 Å². The molecule has 1 rings (SSSR count). The van der Waals surface area contributed by atoms with Gasteiger partial charge in [-0.1, -0.05) is 6.92 Å². The predicted octanol–water partition coefficient (Wildman–Crippen LogP) is 2.29. The highest BCUT2D eigenvalue weighted by Crippen LogP contribution is 2.17. The van der Waals surface area contributed by atoms with Crippen molar-refractivity contribution < 1.29 is 0 Å². The molecule has 1 atom stereocenters. The molecule has 0 aromatic carbocycles. The number of imidazole rings is 1. The van der Waals surface area contributed by atoms with Crippen molar-refractivity contribution in [3.05, 3.63) is 18.2 Å². The molecule has 1 aromatic heterocycles. The van der Waals surface area contributed by atoms with E-state index in [0.717, 1.165) is 18.1 Å². The van der Waals surface area contributed by atoms with Gasteiger partial charge < -0.3 is 10.3 Å². The molecule has 3 nitrogen and oxygen atoms in total. The van der Waals surface area contributed by atoms with Gasteiger partial charge in [0.1, 0.15) is 0 Å². The molecule has 0 amide bonds. The van der Waals surface area contributed by atoms with Crippen LogP contribution in [0.5, 0.6) is 0 Å². The Morgan fingerprint density at radius 1 is 1.47 bits per heavy atom. The van der Waals surface area contributed by atoms with Gasteiger partial charge in [0.15, 0.2) is 0 Å². The minimum atomic E-state index is 0.495. The fourth-order valence-electron chi connectivity index (χ4n) is 1.34. The third-order valence-corrected chi connectivity index (χ3v) is 3.66. The Kier molecular flexibility index (Phi) is 5.19.